The molecule has 0 spiro atoms. The maximum atomic E-state index is 2.35. The second-order valence-electron chi connectivity index (χ2n) is 5.10. The fraction of sp³-hybridized carbons (Fsp3) is 0.105. The third kappa shape index (κ3) is 2.81. The van der Waals surface area contributed by atoms with Crippen LogP contribution in [0.3, 0.4) is 0 Å². The van der Waals surface area contributed by atoms with E-state index in [4.69, 9.17) is 0 Å². The molecule has 0 amide bonds. The summed E-state index contributed by atoms with van der Waals surface area (Å²) in [5, 5.41) is 2.89. The molecule has 0 aromatic heterocycles. The molecule has 0 saturated heterocycles. The monoisotopic (exact) mass is 277 g/mol. The first-order chi connectivity index (χ1) is 9.75. The molecule has 1 heteroatoms. The van der Waals surface area contributed by atoms with Gasteiger partial charge in [-0.05, 0) is 63.6 Å². The highest BCUT2D eigenvalue weighted by Crippen LogP contribution is 2.52. The largest absolute Gasteiger partial charge is 0.0622 e. The summed E-state index contributed by atoms with van der Waals surface area (Å²) in [7, 11) is -0.446. The van der Waals surface area contributed by atoms with Crippen molar-refractivity contribution in [3.05, 3.63) is 91.0 Å². The van der Waals surface area contributed by atoms with E-state index in [1.165, 1.54) is 27.4 Å². The van der Waals surface area contributed by atoms with E-state index in [0.29, 0.717) is 0 Å². The van der Waals surface area contributed by atoms with Gasteiger partial charge in [0.05, 0.1) is 0 Å². The molecule has 0 bridgehead atoms. The van der Waals surface area contributed by atoms with E-state index >= 15 is 0 Å². The SMILES string of the molecule is Cc1ccc(C)c([P@]([C]2[CH][CH][CH][CH]2)c2ccccc2)c1. The summed E-state index contributed by atoms with van der Waals surface area (Å²) in [4.78, 5) is 0. The molecule has 2 aromatic rings. The Bertz CT molecular complexity index is 568. The smallest absolute Gasteiger partial charge is 0.0161 e. The molecule has 1 saturated carbocycles. The molecule has 0 nitrogen and oxygen atoms in total. The maximum Gasteiger partial charge on any atom is 0.0161 e. The van der Waals surface area contributed by atoms with Gasteiger partial charge in [0.2, 0.25) is 0 Å². The molecule has 0 N–H and O–H groups in total. The maximum absolute atomic E-state index is 2.35. The molecule has 0 unspecified atom stereocenters. The second kappa shape index (κ2) is 6.10. The Morgan fingerprint density at radius 3 is 2.20 bits per heavy atom. The van der Waals surface area contributed by atoms with Crippen molar-refractivity contribution in [2.75, 3.05) is 0 Å². The van der Waals surface area contributed by atoms with E-state index in [1.54, 1.807) is 0 Å². The lowest BCUT2D eigenvalue weighted by atomic mass is 10.2. The van der Waals surface area contributed by atoms with Crippen molar-refractivity contribution in [3.8, 4) is 0 Å². The molecular formula is C19H18P. The standard InChI is InChI=1S/C19H18P/c1-15-12-13-16(2)19(14-15)20(18-10-6-7-11-18)17-8-4-3-5-9-17/h3-14H,1-2H3/t20-/m0/s1. The molecule has 0 aliphatic heterocycles. The fourth-order valence-corrected chi connectivity index (χ4v) is 5.03. The van der Waals surface area contributed by atoms with Crippen molar-refractivity contribution in [1.82, 2.24) is 0 Å². The zero-order valence-corrected chi connectivity index (χ0v) is 12.8. The van der Waals surface area contributed by atoms with E-state index in [-0.39, 0.29) is 0 Å². The van der Waals surface area contributed by atoms with Gasteiger partial charge in [0, 0.05) is 5.66 Å². The Kier molecular flexibility index (Phi) is 4.22. The van der Waals surface area contributed by atoms with E-state index in [9.17, 15) is 0 Å². The van der Waals surface area contributed by atoms with Crippen molar-refractivity contribution in [2.45, 2.75) is 13.8 Å². The number of benzene rings is 2. The molecule has 2 aromatic carbocycles. The van der Waals surface area contributed by atoms with Gasteiger partial charge in [0.1, 0.15) is 0 Å². The molecule has 1 atom stereocenters. The topological polar surface area (TPSA) is 0 Å². The third-order valence-corrected chi connectivity index (χ3v) is 6.12. The lowest BCUT2D eigenvalue weighted by molar-refractivity contribution is 1.42. The van der Waals surface area contributed by atoms with Crippen LogP contribution in [0.1, 0.15) is 11.1 Å². The average molecular weight is 277 g/mol. The molecule has 1 aliphatic carbocycles. The molecule has 0 heterocycles. The summed E-state index contributed by atoms with van der Waals surface area (Å²) in [6.45, 7) is 4.39. The van der Waals surface area contributed by atoms with Gasteiger partial charge >= 0.3 is 0 Å². The van der Waals surface area contributed by atoms with Gasteiger partial charge in [-0.2, -0.15) is 0 Å². The van der Waals surface area contributed by atoms with E-state index in [1.807, 2.05) is 0 Å². The minimum atomic E-state index is -0.446. The Morgan fingerprint density at radius 2 is 1.50 bits per heavy atom. The van der Waals surface area contributed by atoms with Crippen LogP contribution >= 0.6 is 7.92 Å². The summed E-state index contributed by atoms with van der Waals surface area (Å²) in [6.07, 6.45) is 8.78. The van der Waals surface area contributed by atoms with Crippen LogP contribution in [0.2, 0.25) is 0 Å². The third-order valence-electron chi connectivity index (χ3n) is 3.52. The summed E-state index contributed by atoms with van der Waals surface area (Å²) in [5.74, 6) is 0. The molecule has 20 heavy (non-hydrogen) atoms. The van der Waals surface area contributed by atoms with Gasteiger partial charge in [0.25, 0.3) is 0 Å². The van der Waals surface area contributed by atoms with E-state index in [2.05, 4.69) is 88.1 Å². The molecular weight excluding hydrogens is 259 g/mol. The van der Waals surface area contributed by atoms with Crippen molar-refractivity contribution < 1.29 is 0 Å². The lowest BCUT2D eigenvalue weighted by Crippen LogP contribution is -2.18. The van der Waals surface area contributed by atoms with Gasteiger partial charge in [-0.25, -0.2) is 0 Å². The van der Waals surface area contributed by atoms with Crippen molar-refractivity contribution in [1.29, 1.82) is 0 Å². The van der Waals surface area contributed by atoms with Crippen LogP contribution in [0.5, 0.6) is 0 Å². The fourth-order valence-electron chi connectivity index (χ4n) is 2.48. The van der Waals surface area contributed by atoms with Crippen LogP contribution in [0, 0.1) is 45.2 Å². The zero-order chi connectivity index (χ0) is 13.9. The minimum Gasteiger partial charge on any atom is -0.0622 e. The number of rotatable bonds is 3. The van der Waals surface area contributed by atoms with Gasteiger partial charge in [-0.1, -0.05) is 54.1 Å². The van der Waals surface area contributed by atoms with Crippen LogP contribution in [-0.2, 0) is 0 Å². The van der Waals surface area contributed by atoms with Crippen LogP contribution < -0.4 is 10.6 Å². The normalized spacial score (nSPS) is 17.3. The quantitative estimate of drug-likeness (QED) is 0.741. The predicted octanol–water partition coefficient (Wildman–Crippen LogP) is 4.10. The number of hydrogen-bond acceptors (Lipinski definition) is 0. The zero-order valence-electron chi connectivity index (χ0n) is 11.9. The summed E-state index contributed by atoms with van der Waals surface area (Å²) < 4.78 is 0. The van der Waals surface area contributed by atoms with Crippen LogP contribution in [0.25, 0.3) is 0 Å². The van der Waals surface area contributed by atoms with Gasteiger partial charge < -0.3 is 0 Å². The van der Waals surface area contributed by atoms with Crippen molar-refractivity contribution in [2.24, 2.45) is 0 Å². The number of hydrogen-bond donors (Lipinski definition) is 0. The average Bonchev–Trinajstić information content (AvgIpc) is 2.98. The molecule has 1 aliphatic rings. The highest BCUT2D eigenvalue weighted by molar-refractivity contribution is 7.76. The predicted molar refractivity (Wildman–Crippen MR) is 89.0 cm³/mol. The highest BCUT2D eigenvalue weighted by atomic mass is 31.1. The van der Waals surface area contributed by atoms with Gasteiger partial charge in [0.15, 0.2) is 0 Å². The Morgan fingerprint density at radius 1 is 0.800 bits per heavy atom. The summed E-state index contributed by atoms with van der Waals surface area (Å²) in [5.41, 5.74) is 4.15. The summed E-state index contributed by atoms with van der Waals surface area (Å²) in [6, 6.07) is 17.7. The van der Waals surface area contributed by atoms with Crippen LogP contribution in [0.15, 0.2) is 48.5 Å². The Labute approximate surface area is 124 Å². The van der Waals surface area contributed by atoms with E-state index < -0.39 is 7.92 Å². The second-order valence-corrected chi connectivity index (χ2v) is 7.29. The minimum absolute atomic E-state index is 0.446. The first-order valence-electron chi connectivity index (χ1n) is 6.90. The Hall–Kier alpha value is -1.13. The van der Waals surface area contributed by atoms with Crippen molar-refractivity contribution >= 4 is 18.5 Å². The Balaban J connectivity index is 2.07. The van der Waals surface area contributed by atoms with Crippen LogP contribution in [-0.4, -0.2) is 0 Å². The molecule has 5 radical (unpaired) electrons. The molecule has 99 valence electrons. The van der Waals surface area contributed by atoms with Crippen molar-refractivity contribution in [3.63, 3.8) is 0 Å². The highest BCUT2D eigenvalue weighted by Gasteiger charge is 2.29. The van der Waals surface area contributed by atoms with Gasteiger partial charge in [-0.15, -0.1) is 0 Å². The summed E-state index contributed by atoms with van der Waals surface area (Å²) >= 11 is 0. The van der Waals surface area contributed by atoms with E-state index in [0.717, 1.165) is 0 Å². The van der Waals surface area contributed by atoms with Crippen LogP contribution in [0.4, 0.5) is 0 Å². The first kappa shape index (κ1) is 13.8. The lowest BCUT2D eigenvalue weighted by Gasteiger charge is -2.26. The number of aryl methyl sites for hydroxylation is 2. The van der Waals surface area contributed by atoms with Gasteiger partial charge in [-0.3, -0.25) is 0 Å². The molecule has 3 rings (SSSR count). The first-order valence-corrected chi connectivity index (χ1v) is 8.24. The molecule has 1 fully saturated rings.